The Bertz CT molecular complexity index is 495. The summed E-state index contributed by atoms with van der Waals surface area (Å²) in [6.45, 7) is 5.75. The summed E-state index contributed by atoms with van der Waals surface area (Å²) in [5.41, 5.74) is 5.54. The second kappa shape index (κ2) is 5.67. The molecular weight excluding hydrogens is 255 g/mol. The van der Waals surface area contributed by atoms with Crippen LogP contribution in [0.15, 0.2) is 23.1 Å². The van der Waals surface area contributed by atoms with Gasteiger partial charge in [0.2, 0.25) is 10.0 Å². The number of anilines is 1. The van der Waals surface area contributed by atoms with Crippen molar-refractivity contribution in [1.29, 1.82) is 0 Å². The molecule has 18 heavy (non-hydrogen) atoms. The van der Waals surface area contributed by atoms with Gasteiger partial charge >= 0.3 is 0 Å². The molecule has 0 saturated heterocycles. The van der Waals surface area contributed by atoms with Crippen LogP contribution >= 0.6 is 0 Å². The summed E-state index contributed by atoms with van der Waals surface area (Å²) in [7, 11) is -3.73. The predicted octanol–water partition coefficient (Wildman–Crippen LogP) is 2.12. The van der Waals surface area contributed by atoms with Crippen LogP contribution in [0, 0.1) is 11.7 Å². The zero-order valence-corrected chi connectivity index (χ0v) is 11.6. The van der Waals surface area contributed by atoms with Crippen LogP contribution in [0.25, 0.3) is 0 Å². The zero-order chi connectivity index (χ0) is 13.9. The van der Waals surface area contributed by atoms with Crippen LogP contribution in [0.2, 0.25) is 0 Å². The first-order valence-corrected chi connectivity index (χ1v) is 7.33. The monoisotopic (exact) mass is 274 g/mol. The molecule has 0 aromatic heterocycles. The molecule has 1 aromatic rings. The lowest BCUT2D eigenvalue weighted by atomic mass is 10.0. The van der Waals surface area contributed by atoms with Gasteiger partial charge in [0, 0.05) is 11.7 Å². The van der Waals surface area contributed by atoms with Crippen LogP contribution in [-0.2, 0) is 10.0 Å². The summed E-state index contributed by atoms with van der Waals surface area (Å²) in [5, 5.41) is 0. The Labute approximate surface area is 107 Å². The summed E-state index contributed by atoms with van der Waals surface area (Å²) in [4.78, 5) is -0.140. The average molecular weight is 274 g/mol. The predicted molar refractivity (Wildman–Crippen MR) is 70.1 cm³/mol. The molecule has 0 aliphatic heterocycles. The molecule has 0 bridgehead atoms. The molecule has 0 heterocycles. The third-order valence-corrected chi connectivity index (χ3v) is 4.22. The Morgan fingerprint density at radius 2 is 1.94 bits per heavy atom. The zero-order valence-electron chi connectivity index (χ0n) is 10.8. The lowest BCUT2D eigenvalue weighted by Gasteiger charge is -2.20. The van der Waals surface area contributed by atoms with E-state index >= 15 is 0 Å². The second-order valence-electron chi connectivity index (χ2n) is 4.60. The van der Waals surface area contributed by atoms with Crippen LogP contribution in [0.4, 0.5) is 10.1 Å². The highest BCUT2D eigenvalue weighted by Gasteiger charge is 2.21. The van der Waals surface area contributed by atoms with E-state index in [1.807, 2.05) is 20.8 Å². The molecule has 1 rings (SSSR count). The first-order chi connectivity index (χ1) is 8.26. The van der Waals surface area contributed by atoms with Crippen LogP contribution in [0.5, 0.6) is 0 Å². The fourth-order valence-corrected chi connectivity index (χ4v) is 3.23. The van der Waals surface area contributed by atoms with E-state index < -0.39 is 15.8 Å². The van der Waals surface area contributed by atoms with Crippen molar-refractivity contribution in [2.75, 3.05) is 5.73 Å². The number of hydrogen-bond acceptors (Lipinski definition) is 3. The summed E-state index contributed by atoms with van der Waals surface area (Å²) in [5.74, 6) is -0.497. The topological polar surface area (TPSA) is 72.2 Å². The number of nitrogens with one attached hydrogen (secondary N) is 1. The molecular formula is C12H19FN2O2S. The lowest BCUT2D eigenvalue weighted by molar-refractivity contribution is 0.437. The van der Waals surface area contributed by atoms with Gasteiger partial charge < -0.3 is 5.73 Å². The van der Waals surface area contributed by atoms with Gasteiger partial charge in [0.1, 0.15) is 5.82 Å². The molecule has 102 valence electrons. The van der Waals surface area contributed by atoms with Crippen molar-refractivity contribution in [3.8, 4) is 0 Å². The minimum Gasteiger partial charge on any atom is -0.399 e. The number of nitrogen functional groups attached to an aromatic ring is 1. The Morgan fingerprint density at radius 1 is 1.33 bits per heavy atom. The van der Waals surface area contributed by atoms with Crippen LogP contribution in [0.1, 0.15) is 27.2 Å². The summed E-state index contributed by atoms with van der Waals surface area (Å²) >= 11 is 0. The Hall–Kier alpha value is -1.14. The van der Waals surface area contributed by atoms with Crippen LogP contribution in [-0.4, -0.2) is 14.5 Å². The van der Waals surface area contributed by atoms with Crippen molar-refractivity contribution in [1.82, 2.24) is 4.72 Å². The van der Waals surface area contributed by atoms with Crippen molar-refractivity contribution in [3.05, 3.63) is 24.0 Å². The Balaban J connectivity index is 3.06. The van der Waals surface area contributed by atoms with Crippen LogP contribution < -0.4 is 10.5 Å². The Morgan fingerprint density at radius 3 is 2.39 bits per heavy atom. The molecule has 0 fully saturated rings. The standard InChI is InChI=1S/C12H19FN2O2S/c1-4-12(8(2)3)15-18(16,17)11-6-9(13)5-10(14)7-11/h5-8,12,15H,4,14H2,1-3H3. The van der Waals surface area contributed by atoms with Crippen molar-refractivity contribution in [3.63, 3.8) is 0 Å². The molecule has 4 nitrogen and oxygen atoms in total. The van der Waals surface area contributed by atoms with E-state index in [0.29, 0.717) is 6.42 Å². The van der Waals surface area contributed by atoms with Gasteiger partial charge in [0.25, 0.3) is 0 Å². The van der Waals surface area contributed by atoms with Gasteiger partial charge in [0.05, 0.1) is 4.90 Å². The number of rotatable bonds is 5. The van der Waals surface area contributed by atoms with E-state index in [1.54, 1.807) is 0 Å². The van der Waals surface area contributed by atoms with Crippen molar-refractivity contribution in [2.45, 2.75) is 38.1 Å². The fraction of sp³-hybridized carbons (Fsp3) is 0.500. The molecule has 6 heteroatoms. The molecule has 1 aromatic carbocycles. The van der Waals surface area contributed by atoms with E-state index in [1.165, 1.54) is 6.07 Å². The molecule has 0 saturated carbocycles. The largest absolute Gasteiger partial charge is 0.399 e. The first-order valence-electron chi connectivity index (χ1n) is 5.84. The number of hydrogen-bond donors (Lipinski definition) is 2. The van der Waals surface area contributed by atoms with Crippen LogP contribution in [0.3, 0.4) is 0 Å². The van der Waals surface area contributed by atoms with E-state index in [0.717, 1.165) is 12.1 Å². The van der Waals surface area contributed by atoms with Crippen molar-refractivity contribution >= 4 is 15.7 Å². The summed E-state index contributed by atoms with van der Waals surface area (Å²) < 4.78 is 39.9. The molecule has 0 spiro atoms. The maximum atomic E-state index is 13.2. The van der Waals surface area contributed by atoms with Gasteiger partial charge in [-0.05, 0) is 30.5 Å². The third-order valence-electron chi connectivity index (χ3n) is 2.76. The fourth-order valence-electron chi connectivity index (χ4n) is 1.70. The molecule has 0 aliphatic carbocycles. The maximum Gasteiger partial charge on any atom is 0.241 e. The highest BCUT2D eigenvalue weighted by atomic mass is 32.2. The first kappa shape index (κ1) is 14.9. The number of halogens is 1. The molecule has 0 radical (unpaired) electrons. The van der Waals surface area contributed by atoms with Gasteiger partial charge in [-0.2, -0.15) is 0 Å². The second-order valence-corrected chi connectivity index (χ2v) is 6.31. The average Bonchev–Trinajstić information content (AvgIpc) is 2.24. The minimum absolute atomic E-state index is 0.0907. The Kier molecular flexibility index (Phi) is 4.70. The third kappa shape index (κ3) is 3.68. The molecule has 0 amide bonds. The van der Waals surface area contributed by atoms with E-state index in [2.05, 4.69) is 4.72 Å². The normalized spacial score (nSPS) is 13.8. The molecule has 1 unspecified atom stereocenters. The lowest BCUT2D eigenvalue weighted by Crippen LogP contribution is -2.38. The minimum atomic E-state index is -3.73. The van der Waals surface area contributed by atoms with Gasteiger partial charge in [0.15, 0.2) is 0 Å². The smallest absolute Gasteiger partial charge is 0.241 e. The van der Waals surface area contributed by atoms with Gasteiger partial charge in [-0.1, -0.05) is 20.8 Å². The van der Waals surface area contributed by atoms with E-state index in [4.69, 9.17) is 5.73 Å². The summed E-state index contributed by atoms with van der Waals surface area (Å²) in [6.07, 6.45) is 0.668. The molecule has 3 N–H and O–H groups in total. The summed E-state index contributed by atoms with van der Waals surface area (Å²) in [6, 6.07) is 3.11. The molecule has 0 aliphatic rings. The van der Waals surface area contributed by atoms with Gasteiger partial charge in [-0.15, -0.1) is 0 Å². The quantitative estimate of drug-likeness (QED) is 0.808. The highest BCUT2D eigenvalue weighted by molar-refractivity contribution is 7.89. The maximum absolute atomic E-state index is 13.2. The number of sulfonamides is 1. The molecule has 1 atom stereocenters. The highest BCUT2D eigenvalue weighted by Crippen LogP contribution is 2.17. The van der Waals surface area contributed by atoms with E-state index in [-0.39, 0.29) is 22.5 Å². The SMILES string of the molecule is CCC(NS(=O)(=O)c1cc(N)cc(F)c1)C(C)C. The van der Waals surface area contributed by atoms with Crippen molar-refractivity contribution in [2.24, 2.45) is 5.92 Å². The number of nitrogens with two attached hydrogens (primary N) is 1. The van der Waals surface area contributed by atoms with Gasteiger partial charge in [-0.3, -0.25) is 0 Å². The van der Waals surface area contributed by atoms with Crippen molar-refractivity contribution < 1.29 is 12.8 Å². The number of benzene rings is 1. The van der Waals surface area contributed by atoms with E-state index in [9.17, 15) is 12.8 Å². The van der Waals surface area contributed by atoms with Gasteiger partial charge in [-0.25, -0.2) is 17.5 Å².